The molecule has 0 radical (unpaired) electrons. The van der Waals surface area contributed by atoms with Crippen LogP contribution in [0.15, 0.2) is 69.7 Å². The average molecular weight is 539 g/mol. The fourth-order valence-electron chi connectivity index (χ4n) is 4.10. The van der Waals surface area contributed by atoms with E-state index in [1.165, 1.54) is 22.3 Å². The van der Waals surface area contributed by atoms with Gasteiger partial charge in [0.05, 0.1) is 0 Å². The first-order valence-corrected chi connectivity index (χ1v) is 17.5. The van der Waals surface area contributed by atoms with E-state index in [0.717, 1.165) is 12.2 Å². The Bertz CT molecular complexity index is 947. The molecule has 2 aromatic carbocycles. The van der Waals surface area contributed by atoms with Gasteiger partial charge in [0.2, 0.25) is 0 Å². The summed E-state index contributed by atoms with van der Waals surface area (Å²) >= 11 is -2.03. The molecule has 0 saturated carbocycles. The van der Waals surface area contributed by atoms with Crippen molar-refractivity contribution in [2.24, 2.45) is 0 Å². The Kier molecular flexibility index (Phi) is 9.09. The van der Waals surface area contributed by atoms with Gasteiger partial charge in [-0.2, -0.15) is 0 Å². The Labute approximate surface area is 201 Å². The molecule has 2 aliphatic rings. The summed E-state index contributed by atoms with van der Waals surface area (Å²) in [5.41, 5.74) is 5.89. The summed E-state index contributed by atoms with van der Waals surface area (Å²) in [6.07, 6.45) is 5.58. The van der Waals surface area contributed by atoms with Gasteiger partial charge in [-0.1, -0.05) is 0 Å². The van der Waals surface area contributed by atoms with Crippen LogP contribution >= 0.6 is 0 Å². The molecule has 0 aliphatic heterocycles. The van der Waals surface area contributed by atoms with E-state index in [4.69, 9.17) is 9.16 Å². The molecule has 4 rings (SSSR count). The summed E-state index contributed by atoms with van der Waals surface area (Å²) in [6, 6.07) is 18.0. The number of allylic oxidation sites excluding steroid dienone is 3. The quantitative estimate of drug-likeness (QED) is 0.387. The summed E-state index contributed by atoms with van der Waals surface area (Å²) in [6.45, 7) is 9.20. The van der Waals surface area contributed by atoms with Gasteiger partial charge in [0.25, 0.3) is 0 Å². The van der Waals surface area contributed by atoms with Crippen LogP contribution in [0.1, 0.15) is 28.1 Å². The smallest absolute Gasteiger partial charge is 1.00 e. The van der Waals surface area contributed by atoms with Crippen molar-refractivity contribution in [2.75, 3.05) is 6.79 Å². The van der Waals surface area contributed by atoms with E-state index in [-0.39, 0.29) is 24.8 Å². The monoisotopic (exact) mass is 536 g/mol. The zero-order valence-electron chi connectivity index (χ0n) is 17.9. The van der Waals surface area contributed by atoms with Crippen LogP contribution in [-0.2, 0) is 30.4 Å². The number of hydrogen-bond donors (Lipinski definition) is 0. The SMILES string of the molecule is C[CH]=[Zr+2]([C]1=CC(OCO[Si](C)(C)C)=CC1)[CH]1c2ccccc2-c2ccccc21.[Cl-].[Cl-]. The molecule has 0 amide bonds. The molecule has 2 aromatic rings. The Morgan fingerprint density at radius 2 is 1.53 bits per heavy atom. The predicted molar refractivity (Wildman–Crippen MR) is 117 cm³/mol. The first-order valence-electron chi connectivity index (χ1n) is 10.0. The molecule has 6 heteroatoms. The molecule has 0 fully saturated rings. The van der Waals surface area contributed by atoms with Crippen molar-refractivity contribution in [3.63, 3.8) is 0 Å². The topological polar surface area (TPSA) is 18.5 Å². The van der Waals surface area contributed by atoms with Gasteiger partial charge >= 0.3 is 178 Å². The molecule has 0 unspecified atom stereocenters. The standard InChI is InChI=1S/C13H9.C9H15O2Si.C2H4.2ClH.Zr/c1-3-7-12-10(5-1)9-11-6-2-4-8-13(11)12;1-12(2,3)11-8-10-9-6-4-5-7-9;1-2;;;/h1-9H;6-7H,4,8H2,1-3H3;1H,2H3;2*1H;/q;;;;;+2/p-2. The van der Waals surface area contributed by atoms with Crippen LogP contribution in [0.2, 0.25) is 19.6 Å². The van der Waals surface area contributed by atoms with Crippen LogP contribution in [-0.4, -0.2) is 18.8 Å². The van der Waals surface area contributed by atoms with Crippen LogP contribution in [0.5, 0.6) is 0 Å². The zero-order chi connectivity index (χ0) is 19.7. The molecule has 0 saturated heterocycles. The van der Waals surface area contributed by atoms with Gasteiger partial charge in [0, 0.05) is 0 Å². The van der Waals surface area contributed by atoms with E-state index in [1.54, 1.807) is 3.28 Å². The zero-order valence-corrected chi connectivity index (χ0v) is 22.9. The maximum absolute atomic E-state index is 5.92. The molecule has 0 heterocycles. The van der Waals surface area contributed by atoms with Crippen LogP contribution in [0.25, 0.3) is 11.1 Å². The Morgan fingerprint density at radius 3 is 2.07 bits per heavy atom. The number of fused-ring (bicyclic) bond motifs is 3. The summed E-state index contributed by atoms with van der Waals surface area (Å²) in [4.78, 5) is 0. The van der Waals surface area contributed by atoms with Gasteiger partial charge in [-0.15, -0.1) is 0 Å². The maximum Gasteiger partial charge on any atom is -1.00 e. The summed E-state index contributed by atoms with van der Waals surface area (Å²) in [5, 5.41) is 0. The maximum atomic E-state index is 5.92. The van der Waals surface area contributed by atoms with Crippen LogP contribution in [0.3, 0.4) is 0 Å². The fourth-order valence-corrected chi connectivity index (χ4v) is 11.6. The van der Waals surface area contributed by atoms with E-state index in [2.05, 4.69) is 91.0 Å². The molecule has 2 nitrogen and oxygen atoms in total. The largest absolute Gasteiger partial charge is 1.00 e. The number of hydrogen-bond acceptors (Lipinski definition) is 2. The minimum absolute atomic E-state index is 0. The van der Waals surface area contributed by atoms with Gasteiger partial charge in [0.1, 0.15) is 0 Å². The van der Waals surface area contributed by atoms with Crippen molar-refractivity contribution in [1.29, 1.82) is 0 Å². The molecule has 0 atom stereocenters. The minimum atomic E-state index is -2.03. The predicted octanol–water partition coefficient (Wildman–Crippen LogP) is 0.202. The summed E-state index contributed by atoms with van der Waals surface area (Å²) in [7, 11) is -1.54. The molecule has 30 heavy (non-hydrogen) atoms. The number of ether oxygens (including phenoxy) is 1. The van der Waals surface area contributed by atoms with Gasteiger partial charge in [-0.3, -0.25) is 0 Å². The molecule has 2 aliphatic carbocycles. The second kappa shape index (κ2) is 10.7. The molecule has 0 bridgehead atoms. The van der Waals surface area contributed by atoms with Gasteiger partial charge < -0.3 is 24.8 Å². The number of halogens is 2. The fraction of sp³-hybridized carbons (Fsp3) is 0.292. The first kappa shape index (κ1) is 25.5. The average Bonchev–Trinajstić information content (AvgIpc) is 3.26. The van der Waals surface area contributed by atoms with E-state index in [9.17, 15) is 0 Å². The van der Waals surface area contributed by atoms with Crippen molar-refractivity contribution < 1.29 is 55.2 Å². The second-order valence-electron chi connectivity index (χ2n) is 8.35. The van der Waals surface area contributed by atoms with Crippen molar-refractivity contribution in [1.82, 2.24) is 0 Å². The molecule has 158 valence electrons. The molecular weight excluding hydrogens is 510 g/mol. The minimum Gasteiger partial charge on any atom is -1.00 e. The molecular formula is C24H28Cl2O2SiZr. The summed E-state index contributed by atoms with van der Waals surface area (Å²) in [5.74, 6) is 0.993. The number of rotatable bonds is 6. The van der Waals surface area contributed by atoms with E-state index < -0.39 is 29.6 Å². The van der Waals surface area contributed by atoms with Gasteiger partial charge in [0.15, 0.2) is 0 Å². The Hall–Kier alpha value is -0.770. The van der Waals surface area contributed by atoms with E-state index in [0.29, 0.717) is 10.4 Å². The molecule has 0 N–H and O–H groups in total. The van der Waals surface area contributed by atoms with Crippen molar-refractivity contribution in [3.05, 3.63) is 80.9 Å². The summed E-state index contributed by atoms with van der Waals surface area (Å²) < 4.78 is 16.5. The molecule has 0 aromatic heterocycles. The first-order chi connectivity index (χ1) is 13.5. The second-order valence-corrected chi connectivity index (χ2v) is 19.5. The van der Waals surface area contributed by atoms with Crippen molar-refractivity contribution in [2.45, 2.75) is 36.6 Å². The van der Waals surface area contributed by atoms with Crippen molar-refractivity contribution in [3.8, 4) is 11.1 Å². The third-order valence-corrected chi connectivity index (χ3v) is 13.6. The Morgan fingerprint density at radius 1 is 0.967 bits per heavy atom. The van der Waals surface area contributed by atoms with Gasteiger partial charge in [-0.25, -0.2) is 0 Å². The van der Waals surface area contributed by atoms with E-state index in [1.807, 2.05) is 0 Å². The van der Waals surface area contributed by atoms with Crippen molar-refractivity contribution >= 4 is 12.0 Å². The van der Waals surface area contributed by atoms with Crippen LogP contribution in [0, 0.1) is 0 Å². The third kappa shape index (κ3) is 5.34. The van der Waals surface area contributed by atoms with E-state index >= 15 is 0 Å². The van der Waals surface area contributed by atoms with Crippen LogP contribution in [0.4, 0.5) is 0 Å². The normalized spacial score (nSPS) is 14.8. The van der Waals surface area contributed by atoms with Gasteiger partial charge in [-0.05, 0) is 0 Å². The molecule has 0 spiro atoms. The third-order valence-electron chi connectivity index (χ3n) is 5.38. The number of benzene rings is 2. The Balaban J connectivity index is 0.00000160. The van der Waals surface area contributed by atoms with Crippen LogP contribution < -0.4 is 24.8 Å².